The van der Waals surface area contributed by atoms with E-state index in [0.29, 0.717) is 13.0 Å². The minimum absolute atomic E-state index is 0.212. The van der Waals surface area contributed by atoms with Gasteiger partial charge in [-0.1, -0.05) is 0 Å². The second-order valence-electron chi connectivity index (χ2n) is 3.97. The van der Waals surface area contributed by atoms with Gasteiger partial charge in [-0.3, -0.25) is 14.4 Å². The zero-order valence-electron chi connectivity index (χ0n) is 10.3. The van der Waals surface area contributed by atoms with Gasteiger partial charge >= 0.3 is 5.97 Å². The lowest BCUT2D eigenvalue weighted by molar-refractivity contribution is -0.145. The SMILES string of the molecule is CCOC(=O)C[C@H](NC(=O)[C@@H]1CCCO1)C(N)=O. The number of esters is 1. The second kappa shape index (κ2) is 6.95. The minimum Gasteiger partial charge on any atom is -0.466 e. The number of carbonyl (C=O) groups is 3. The predicted molar refractivity (Wildman–Crippen MR) is 61.3 cm³/mol. The lowest BCUT2D eigenvalue weighted by Crippen LogP contribution is -2.49. The smallest absolute Gasteiger partial charge is 0.308 e. The molecule has 1 rings (SSSR count). The van der Waals surface area contributed by atoms with Gasteiger partial charge in [0.1, 0.15) is 12.1 Å². The summed E-state index contributed by atoms with van der Waals surface area (Å²) in [6.07, 6.45) is 0.587. The normalized spacial score (nSPS) is 20.2. The van der Waals surface area contributed by atoms with Crippen LogP contribution in [-0.4, -0.2) is 43.1 Å². The summed E-state index contributed by atoms with van der Waals surface area (Å²) in [7, 11) is 0. The molecule has 7 nitrogen and oxygen atoms in total. The Hall–Kier alpha value is -1.63. The molecule has 1 aliphatic rings. The predicted octanol–water partition coefficient (Wildman–Crippen LogP) is -0.911. The zero-order valence-corrected chi connectivity index (χ0v) is 10.3. The zero-order chi connectivity index (χ0) is 13.5. The summed E-state index contributed by atoms with van der Waals surface area (Å²) in [4.78, 5) is 34.1. The van der Waals surface area contributed by atoms with Gasteiger partial charge in [0.25, 0.3) is 0 Å². The summed E-state index contributed by atoms with van der Waals surface area (Å²) >= 11 is 0. The lowest BCUT2D eigenvalue weighted by Gasteiger charge is -2.17. The molecule has 102 valence electrons. The maximum atomic E-state index is 11.7. The third-order valence-corrected chi connectivity index (χ3v) is 2.56. The Labute approximate surface area is 105 Å². The number of nitrogens with two attached hydrogens (primary N) is 1. The van der Waals surface area contributed by atoms with E-state index in [4.69, 9.17) is 15.2 Å². The van der Waals surface area contributed by atoms with Crippen molar-refractivity contribution in [2.24, 2.45) is 5.73 Å². The van der Waals surface area contributed by atoms with Gasteiger partial charge in [-0.05, 0) is 19.8 Å². The average Bonchev–Trinajstić information content (AvgIpc) is 2.81. The Morgan fingerprint density at radius 3 is 2.72 bits per heavy atom. The molecule has 0 bridgehead atoms. The van der Waals surface area contributed by atoms with Crippen molar-refractivity contribution in [3.63, 3.8) is 0 Å². The molecule has 1 heterocycles. The van der Waals surface area contributed by atoms with E-state index in [1.807, 2.05) is 0 Å². The molecular weight excluding hydrogens is 240 g/mol. The Morgan fingerprint density at radius 1 is 1.50 bits per heavy atom. The third kappa shape index (κ3) is 4.33. The number of ether oxygens (including phenoxy) is 2. The quantitative estimate of drug-likeness (QED) is 0.599. The highest BCUT2D eigenvalue weighted by Crippen LogP contribution is 2.12. The van der Waals surface area contributed by atoms with Gasteiger partial charge < -0.3 is 20.5 Å². The van der Waals surface area contributed by atoms with E-state index < -0.39 is 29.9 Å². The van der Waals surface area contributed by atoms with E-state index in [1.165, 1.54) is 0 Å². The summed E-state index contributed by atoms with van der Waals surface area (Å²) in [6.45, 7) is 2.39. The Bertz CT molecular complexity index is 325. The first-order valence-electron chi connectivity index (χ1n) is 5.91. The maximum absolute atomic E-state index is 11.7. The molecule has 0 aromatic carbocycles. The van der Waals surface area contributed by atoms with E-state index in [-0.39, 0.29) is 13.0 Å². The number of carbonyl (C=O) groups excluding carboxylic acids is 3. The van der Waals surface area contributed by atoms with E-state index in [1.54, 1.807) is 6.92 Å². The second-order valence-corrected chi connectivity index (χ2v) is 3.97. The summed E-state index contributed by atoms with van der Waals surface area (Å²) < 4.78 is 9.87. The van der Waals surface area contributed by atoms with Crippen LogP contribution >= 0.6 is 0 Å². The molecular formula is C11H18N2O5. The molecule has 0 radical (unpaired) electrons. The number of hydrogen-bond acceptors (Lipinski definition) is 5. The summed E-state index contributed by atoms with van der Waals surface area (Å²) in [5, 5.41) is 2.41. The summed E-state index contributed by atoms with van der Waals surface area (Å²) in [5.74, 6) is -1.76. The fraction of sp³-hybridized carbons (Fsp3) is 0.727. The van der Waals surface area contributed by atoms with Crippen LogP contribution in [0.3, 0.4) is 0 Å². The molecule has 0 saturated carbocycles. The van der Waals surface area contributed by atoms with Crippen molar-refractivity contribution in [1.82, 2.24) is 5.32 Å². The summed E-state index contributed by atoms with van der Waals surface area (Å²) in [6, 6.07) is -1.05. The van der Waals surface area contributed by atoms with Gasteiger partial charge in [-0.25, -0.2) is 0 Å². The van der Waals surface area contributed by atoms with Crippen molar-refractivity contribution < 1.29 is 23.9 Å². The Morgan fingerprint density at radius 2 is 2.22 bits per heavy atom. The molecule has 0 spiro atoms. The molecule has 7 heteroatoms. The lowest BCUT2D eigenvalue weighted by atomic mass is 10.1. The van der Waals surface area contributed by atoms with Gasteiger partial charge in [0.2, 0.25) is 11.8 Å². The van der Waals surface area contributed by atoms with Crippen LogP contribution in [0.15, 0.2) is 0 Å². The molecule has 3 N–H and O–H groups in total. The number of primary amides is 1. The standard InChI is InChI=1S/C11H18N2O5/c1-2-17-9(14)6-7(10(12)15)13-11(16)8-4-3-5-18-8/h7-8H,2-6H2,1H3,(H2,12,15)(H,13,16)/t7-,8-/m0/s1. The van der Waals surface area contributed by atoms with E-state index in [9.17, 15) is 14.4 Å². The van der Waals surface area contributed by atoms with Crippen molar-refractivity contribution in [2.75, 3.05) is 13.2 Å². The molecule has 0 aromatic rings. The van der Waals surface area contributed by atoms with Gasteiger partial charge in [0.15, 0.2) is 0 Å². The van der Waals surface area contributed by atoms with Gasteiger partial charge in [0.05, 0.1) is 13.0 Å². The van der Waals surface area contributed by atoms with Crippen LogP contribution in [0.5, 0.6) is 0 Å². The van der Waals surface area contributed by atoms with Crippen LogP contribution < -0.4 is 11.1 Å². The monoisotopic (exact) mass is 258 g/mol. The summed E-state index contributed by atoms with van der Waals surface area (Å²) in [5.41, 5.74) is 5.13. The molecule has 0 unspecified atom stereocenters. The number of nitrogens with one attached hydrogen (secondary N) is 1. The largest absolute Gasteiger partial charge is 0.466 e. The Balaban J connectivity index is 2.49. The Kier molecular flexibility index (Phi) is 5.57. The molecule has 1 aliphatic heterocycles. The molecule has 2 atom stereocenters. The van der Waals surface area contributed by atoms with Crippen molar-refractivity contribution in [2.45, 2.75) is 38.3 Å². The first kappa shape index (κ1) is 14.4. The maximum Gasteiger partial charge on any atom is 0.308 e. The van der Waals surface area contributed by atoms with E-state index in [2.05, 4.69) is 5.32 Å². The molecule has 1 saturated heterocycles. The average molecular weight is 258 g/mol. The van der Waals surface area contributed by atoms with Gasteiger partial charge in [-0.15, -0.1) is 0 Å². The first-order valence-corrected chi connectivity index (χ1v) is 5.91. The molecule has 0 aromatic heterocycles. The fourth-order valence-corrected chi connectivity index (χ4v) is 1.66. The van der Waals surface area contributed by atoms with Crippen molar-refractivity contribution in [3.8, 4) is 0 Å². The highest BCUT2D eigenvalue weighted by molar-refractivity contribution is 5.91. The van der Waals surface area contributed by atoms with Crippen LogP contribution in [0.4, 0.5) is 0 Å². The first-order chi connectivity index (χ1) is 8.54. The highest BCUT2D eigenvalue weighted by Gasteiger charge is 2.28. The van der Waals surface area contributed by atoms with E-state index >= 15 is 0 Å². The number of hydrogen-bond donors (Lipinski definition) is 2. The number of rotatable bonds is 6. The van der Waals surface area contributed by atoms with Gasteiger partial charge in [0, 0.05) is 6.61 Å². The van der Waals surface area contributed by atoms with Gasteiger partial charge in [-0.2, -0.15) is 0 Å². The fourth-order valence-electron chi connectivity index (χ4n) is 1.66. The topological polar surface area (TPSA) is 108 Å². The van der Waals surface area contributed by atoms with Crippen LogP contribution in [0.1, 0.15) is 26.2 Å². The molecule has 2 amide bonds. The van der Waals surface area contributed by atoms with Crippen LogP contribution in [-0.2, 0) is 23.9 Å². The van der Waals surface area contributed by atoms with E-state index in [0.717, 1.165) is 6.42 Å². The molecule has 1 fully saturated rings. The minimum atomic E-state index is -1.05. The van der Waals surface area contributed by atoms with Crippen LogP contribution in [0, 0.1) is 0 Å². The van der Waals surface area contributed by atoms with Crippen LogP contribution in [0.25, 0.3) is 0 Å². The number of amides is 2. The van der Waals surface area contributed by atoms with Crippen LogP contribution in [0.2, 0.25) is 0 Å². The highest BCUT2D eigenvalue weighted by atomic mass is 16.5. The van der Waals surface area contributed by atoms with Crippen molar-refractivity contribution in [3.05, 3.63) is 0 Å². The van der Waals surface area contributed by atoms with Crippen molar-refractivity contribution >= 4 is 17.8 Å². The molecule has 18 heavy (non-hydrogen) atoms. The third-order valence-electron chi connectivity index (χ3n) is 2.56. The molecule has 0 aliphatic carbocycles. The van der Waals surface area contributed by atoms with Crippen molar-refractivity contribution in [1.29, 1.82) is 0 Å².